The maximum absolute atomic E-state index is 13.5. The Balaban J connectivity index is 1.15. The molecule has 0 aliphatic carbocycles. The number of carbonyl (C=O) groups is 2. The average Bonchev–Trinajstić information content (AvgIpc) is 3.57. The molecule has 0 radical (unpaired) electrons. The zero-order valence-electron chi connectivity index (χ0n) is 20.0. The van der Waals surface area contributed by atoms with Gasteiger partial charge in [0, 0.05) is 42.7 Å². The van der Waals surface area contributed by atoms with Gasteiger partial charge in [-0.2, -0.15) is 18.3 Å². The van der Waals surface area contributed by atoms with Gasteiger partial charge in [0.1, 0.15) is 5.01 Å². The van der Waals surface area contributed by atoms with Crippen LogP contribution in [-0.4, -0.2) is 51.2 Å². The van der Waals surface area contributed by atoms with E-state index in [0.29, 0.717) is 25.2 Å². The van der Waals surface area contributed by atoms with Crippen molar-refractivity contribution < 1.29 is 22.8 Å². The maximum atomic E-state index is 13.5. The highest BCUT2D eigenvalue weighted by molar-refractivity contribution is 7.15. The lowest BCUT2D eigenvalue weighted by molar-refractivity contribution is -0.141. The molecular formula is C26H23F3N6O2S. The molecule has 1 aliphatic heterocycles. The van der Waals surface area contributed by atoms with Crippen molar-refractivity contribution in [1.29, 1.82) is 0 Å². The van der Waals surface area contributed by atoms with Crippen LogP contribution in [0.15, 0.2) is 66.9 Å². The standard InChI is InChI=1S/C26H23F3N6O2S/c27-26(28,29)22-19(15-35(33-22)18-9-5-2-6-10-18)23(36)30-12-13-31-25(37)34-14-11-20-21(16-34)38-24(32-20)17-7-3-1-4-8-17/h1-10,15H,11-14,16H2,(H,30,36)(H,31,37). The number of nitrogens with zero attached hydrogens (tertiary/aromatic N) is 4. The number of para-hydroxylation sites is 1. The molecule has 0 spiro atoms. The van der Waals surface area contributed by atoms with E-state index >= 15 is 0 Å². The van der Waals surface area contributed by atoms with Crippen LogP contribution in [0.1, 0.15) is 26.6 Å². The lowest BCUT2D eigenvalue weighted by Gasteiger charge is -2.26. The number of rotatable bonds is 6. The van der Waals surface area contributed by atoms with E-state index in [1.165, 1.54) is 0 Å². The van der Waals surface area contributed by atoms with Crippen LogP contribution in [0.25, 0.3) is 16.3 Å². The zero-order chi connectivity index (χ0) is 26.7. The SMILES string of the molecule is O=C(NCCNC(=O)N1CCc2nc(-c3ccccc3)sc2C1)c1cn(-c2ccccc2)nc1C(F)(F)F. The van der Waals surface area contributed by atoms with Gasteiger partial charge < -0.3 is 15.5 Å². The Morgan fingerprint density at radius 3 is 2.37 bits per heavy atom. The molecule has 8 nitrogen and oxygen atoms in total. The molecule has 12 heteroatoms. The van der Waals surface area contributed by atoms with Gasteiger partial charge in [0.2, 0.25) is 0 Å². The van der Waals surface area contributed by atoms with E-state index in [4.69, 9.17) is 4.98 Å². The molecule has 0 unspecified atom stereocenters. The Labute approximate surface area is 220 Å². The van der Waals surface area contributed by atoms with Crippen molar-refractivity contribution in [2.45, 2.75) is 19.1 Å². The number of thiazole rings is 1. The number of hydrogen-bond acceptors (Lipinski definition) is 5. The number of hydrogen-bond donors (Lipinski definition) is 2. The molecule has 2 aromatic carbocycles. The number of amides is 3. The van der Waals surface area contributed by atoms with Crippen molar-refractivity contribution in [2.24, 2.45) is 0 Å². The van der Waals surface area contributed by atoms with Crippen LogP contribution in [0, 0.1) is 0 Å². The van der Waals surface area contributed by atoms with Crippen molar-refractivity contribution in [3.63, 3.8) is 0 Å². The second kappa shape index (κ2) is 10.7. The Morgan fingerprint density at radius 1 is 0.974 bits per heavy atom. The molecule has 0 bridgehead atoms. The van der Waals surface area contributed by atoms with E-state index in [1.54, 1.807) is 46.6 Å². The van der Waals surface area contributed by atoms with Crippen LogP contribution < -0.4 is 10.6 Å². The number of urea groups is 1. The normalized spacial score (nSPS) is 13.2. The first kappa shape index (κ1) is 25.5. The first-order valence-electron chi connectivity index (χ1n) is 11.9. The van der Waals surface area contributed by atoms with Crippen LogP contribution in [-0.2, 0) is 19.1 Å². The Morgan fingerprint density at radius 2 is 1.66 bits per heavy atom. The molecule has 2 aromatic heterocycles. The minimum Gasteiger partial charge on any atom is -0.350 e. The van der Waals surface area contributed by atoms with Gasteiger partial charge in [-0.25, -0.2) is 14.5 Å². The molecule has 4 aromatic rings. The van der Waals surface area contributed by atoms with Crippen LogP contribution in [0.3, 0.4) is 0 Å². The molecule has 0 saturated carbocycles. The summed E-state index contributed by atoms with van der Waals surface area (Å²) in [6.07, 6.45) is -3.12. The second-order valence-electron chi connectivity index (χ2n) is 8.58. The summed E-state index contributed by atoms with van der Waals surface area (Å²) in [5, 5.41) is 9.65. The lowest BCUT2D eigenvalue weighted by atomic mass is 10.2. The van der Waals surface area contributed by atoms with Crippen molar-refractivity contribution in [1.82, 2.24) is 30.3 Å². The summed E-state index contributed by atoms with van der Waals surface area (Å²) >= 11 is 1.55. The number of nitrogens with one attached hydrogen (secondary N) is 2. The smallest absolute Gasteiger partial charge is 0.350 e. The van der Waals surface area contributed by atoms with Crippen LogP contribution in [0.2, 0.25) is 0 Å². The largest absolute Gasteiger partial charge is 0.435 e. The Kier molecular flexibility index (Phi) is 7.14. The third kappa shape index (κ3) is 5.54. The topological polar surface area (TPSA) is 92.2 Å². The first-order chi connectivity index (χ1) is 18.3. The van der Waals surface area contributed by atoms with E-state index in [0.717, 1.165) is 32.0 Å². The highest BCUT2D eigenvalue weighted by atomic mass is 32.1. The van der Waals surface area contributed by atoms with Crippen LogP contribution in [0.5, 0.6) is 0 Å². The summed E-state index contributed by atoms with van der Waals surface area (Å²) in [5.41, 5.74) is 0.552. The van der Waals surface area contributed by atoms with Crippen molar-refractivity contribution >= 4 is 23.3 Å². The fourth-order valence-corrected chi connectivity index (χ4v) is 5.22. The van der Waals surface area contributed by atoms with Gasteiger partial charge in [0.15, 0.2) is 5.69 Å². The van der Waals surface area contributed by atoms with Gasteiger partial charge in [-0.1, -0.05) is 48.5 Å². The Bertz CT molecular complexity index is 1440. The highest BCUT2D eigenvalue weighted by Gasteiger charge is 2.39. The van der Waals surface area contributed by atoms with E-state index < -0.39 is 23.3 Å². The van der Waals surface area contributed by atoms with Crippen molar-refractivity contribution in [2.75, 3.05) is 19.6 Å². The third-order valence-electron chi connectivity index (χ3n) is 5.97. The second-order valence-corrected chi connectivity index (χ2v) is 9.67. The molecule has 3 amide bonds. The van der Waals surface area contributed by atoms with Gasteiger partial charge in [-0.05, 0) is 12.1 Å². The molecule has 5 rings (SSSR count). The van der Waals surface area contributed by atoms with Crippen molar-refractivity contribution in [3.8, 4) is 16.3 Å². The molecule has 0 saturated heterocycles. The molecule has 0 fully saturated rings. The fraction of sp³-hybridized carbons (Fsp3) is 0.231. The predicted molar refractivity (Wildman–Crippen MR) is 136 cm³/mol. The number of fused-ring (bicyclic) bond motifs is 1. The molecule has 38 heavy (non-hydrogen) atoms. The molecule has 2 N–H and O–H groups in total. The highest BCUT2D eigenvalue weighted by Crippen LogP contribution is 2.32. The summed E-state index contributed by atoms with van der Waals surface area (Å²) < 4.78 is 41.6. The summed E-state index contributed by atoms with van der Waals surface area (Å²) in [4.78, 5) is 32.6. The monoisotopic (exact) mass is 540 g/mol. The van der Waals surface area contributed by atoms with E-state index in [1.807, 2.05) is 30.3 Å². The van der Waals surface area contributed by atoms with Gasteiger partial charge >= 0.3 is 12.2 Å². The van der Waals surface area contributed by atoms with Gasteiger partial charge in [0.05, 0.1) is 23.5 Å². The van der Waals surface area contributed by atoms with Gasteiger partial charge in [-0.3, -0.25) is 4.79 Å². The maximum Gasteiger partial charge on any atom is 0.435 e. The van der Waals surface area contributed by atoms with Crippen molar-refractivity contribution in [3.05, 3.63) is 88.7 Å². The summed E-state index contributed by atoms with van der Waals surface area (Å²) in [5.74, 6) is -0.922. The molecule has 196 valence electrons. The lowest BCUT2D eigenvalue weighted by Crippen LogP contribution is -2.44. The molecular weight excluding hydrogens is 517 g/mol. The van der Waals surface area contributed by atoms with Crippen LogP contribution >= 0.6 is 11.3 Å². The minimum absolute atomic E-state index is 0.0454. The van der Waals surface area contributed by atoms with Gasteiger partial charge in [0.25, 0.3) is 5.91 Å². The van der Waals surface area contributed by atoms with Crippen LogP contribution in [0.4, 0.5) is 18.0 Å². The van der Waals surface area contributed by atoms with E-state index in [-0.39, 0.29) is 19.1 Å². The van der Waals surface area contributed by atoms with E-state index in [9.17, 15) is 22.8 Å². The number of aromatic nitrogens is 3. The summed E-state index contributed by atoms with van der Waals surface area (Å²) in [6, 6.07) is 17.7. The first-order valence-corrected chi connectivity index (χ1v) is 12.7. The average molecular weight is 541 g/mol. The number of benzene rings is 2. The summed E-state index contributed by atoms with van der Waals surface area (Å²) in [7, 11) is 0. The Hall–Kier alpha value is -4.19. The quantitative estimate of drug-likeness (QED) is 0.352. The number of carbonyl (C=O) groups excluding carboxylic acids is 2. The van der Waals surface area contributed by atoms with Gasteiger partial charge in [-0.15, -0.1) is 11.3 Å². The molecule has 1 aliphatic rings. The number of halogens is 3. The number of alkyl halides is 3. The molecule has 0 atom stereocenters. The fourth-order valence-electron chi connectivity index (χ4n) is 4.09. The minimum atomic E-state index is -4.80. The molecule has 3 heterocycles. The summed E-state index contributed by atoms with van der Waals surface area (Å²) in [6.45, 7) is 0.929. The third-order valence-corrected chi connectivity index (χ3v) is 7.11. The van der Waals surface area contributed by atoms with E-state index in [2.05, 4.69) is 15.7 Å². The predicted octanol–water partition coefficient (Wildman–Crippen LogP) is 4.51. The zero-order valence-corrected chi connectivity index (χ0v) is 20.9.